The van der Waals surface area contributed by atoms with Crippen molar-refractivity contribution in [2.24, 2.45) is 11.7 Å². The highest BCUT2D eigenvalue weighted by Crippen LogP contribution is 2.37. The standard InChI is InChI=1S/C23H28N2O6S/c1-13(2)11-30-16-9-8-14(10-17(16)29-3)23(28)31-12-19(26)25-22-20(21(24)27)15-6-4-5-7-18(15)32-22/h8-10,13H,4-7,11-12H2,1-3H3,(H2,24,27)(H,25,26). The average Bonchev–Trinajstić information content (AvgIpc) is 3.13. The third kappa shape index (κ3) is 5.59. The van der Waals surface area contributed by atoms with Crippen LogP contribution in [0.5, 0.6) is 11.5 Å². The van der Waals surface area contributed by atoms with Crippen molar-refractivity contribution >= 4 is 34.1 Å². The Hall–Kier alpha value is -3.07. The van der Waals surface area contributed by atoms with Crippen LogP contribution in [0.1, 0.15) is 57.8 Å². The van der Waals surface area contributed by atoms with Crippen LogP contribution in [0, 0.1) is 5.92 Å². The molecule has 0 atom stereocenters. The molecule has 3 rings (SSSR count). The quantitative estimate of drug-likeness (QED) is 0.553. The van der Waals surface area contributed by atoms with Gasteiger partial charge < -0.3 is 25.3 Å². The highest BCUT2D eigenvalue weighted by Gasteiger charge is 2.25. The molecular formula is C23H28N2O6S. The lowest BCUT2D eigenvalue weighted by Gasteiger charge is -2.13. The van der Waals surface area contributed by atoms with Crippen LogP contribution in [0.3, 0.4) is 0 Å². The van der Waals surface area contributed by atoms with Crippen LogP contribution in [-0.4, -0.2) is 38.1 Å². The zero-order valence-corrected chi connectivity index (χ0v) is 19.3. The van der Waals surface area contributed by atoms with E-state index >= 15 is 0 Å². The maximum absolute atomic E-state index is 12.4. The highest BCUT2D eigenvalue weighted by atomic mass is 32.1. The summed E-state index contributed by atoms with van der Waals surface area (Å²) in [7, 11) is 1.48. The molecule has 0 bridgehead atoms. The number of anilines is 1. The van der Waals surface area contributed by atoms with E-state index in [4.69, 9.17) is 19.9 Å². The van der Waals surface area contributed by atoms with E-state index in [0.717, 1.165) is 36.1 Å². The molecule has 8 nitrogen and oxygen atoms in total. The number of nitrogens with one attached hydrogen (secondary N) is 1. The van der Waals surface area contributed by atoms with Gasteiger partial charge in [0.25, 0.3) is 11.8 Å². The molecular weight excluding hydrogens is 432 g/mol. The van der Waals surface area contributed by atoms with Crippen molar-refractivity contribution in [2.45, 2.75) is 39.5 Å². The van der Waals surface area contributed by atoms with Crippen LogP contribution in [0.15, 0.2) is 18.2 Å². The highest BCUT2D eigenvalue weighted by molar-refractivity contribution is 7.17. The molecule has 0 saturated heterocycles. The van der Waals surface area contributed by atoms with Gasteiger partial charge in [0, 0.05) is 4.88 Å². The number of primary amides is 1. The molecule has 1 aliphatic rings. The number of benzene rings is 1. The number of nitrogens with two attached hydrogens (primary N) is 1. The van der Waals surface area contributed by atoms with Gasteiger partial charge in [-0.1, -0.05) is 13.8 Å². The molecule has 0 fully saturated rings. The number of ether oxygens (including phenoxy) is 3. The van der Waals surface area contributed by atoms with Crippen molar-refractivity contribution in [3.05, 3.63) is 39.8 Å². The van der Waals surface area contributed by atoms with E-state index in [-0.39, 0.29) is 5.56 Å². The van der Waals surface area contributed by atoms with Gasteiger partial charge in [0.2, 0.25) is 0 Å². The van der Waals surface area contributed by atoms with Gasteiger partial charge in [-0.3, -0.25) is 9.59 Å². The van der Waals surface area contributed by atoms with Gasteiger partial charge in [0.15, 0.2) is 18.1 Å². The number of esters is 1. The van der Waals surface area contributed by atoms with E-state index < -0.39 is 24.4 Å². The van der Waals surface area contributed by atoms with E-state index in [0.29, 0.717) is 34.6 Å². The van der Waals surface area contributed by atoms with E-state index in [1.807, 2.05) is 13.8 Å². The van der Waals surface area contributed by atoms with Crippen molar-refractivity contribution < 1.29 is 28.6 Å². The smallest absolute Gasteiger partial charge is 0.338 e. The molecule has 3 N–H and O–H groups in total. The lowest BCUT2D eigenvalue weighted by atomic mass is 9.95. The van der Waals surface area contributed by atoms with Crippen molar-refractivity contribution in [1.82, 2.24) is 0 Å². The van der Waals surface area contributed by atoms with E-state index in [2.05, 4.69) is 5.32 Å². The molecule has 0 spiro atoms. The molecule has 1 aromatic carbocycles. The lowest BCUT2D eigenvalue weighted by molar-refractivity contribution is -0.119. The topological polar surface area (TPSA) is 117 Å². The number of fused-ring (bicyclic) bond motifs is 1. The van der Waals surface area contributed by atoms with Gasteiger partial charge in [0.1, 0.15) is 5.00 Å². The summed E-state index contributed by atoms with van der Waals surface area (Å²) in [6, 6.07) is 4.69. The fraction of sp³-hybridized carbons (Fsp3) is 0.435. The Kier molecular flexibility index (Phi) is 7.74. The number of rotatable bonds is 9. The largest absolute Gasteiger partial charge is 0.493 e. The summed E-state index contributed by atoms with van der Waals surface area (Å²) in [5.41, 5.74) is 7.07. The molecule has 1 aromatic heterocycles. The predicted octanol–water partition coefficient (Wildman–Crippen LogP) is 3.56. The van der Waals surface area contributed by atoms with E-state index in [1.54, 1.807) is 12.1 Å². The van der Waals surface area contributed by atoms with Crippen molar-refractivity contribution in [3.8, 4) is 11.5 Å². The second-order valence-electron chi connectivity index (χ2n) is 7.97. The van der Waals surface area contributed by atoms with Crippen LogP contribution in [-0.2, 0) is 22.4 Å². The molecule has 0 radical (unpaired) electrons. The molecule has 0 saturated carbocycles. The van der Waals surface area contributed by atoms with Gasteiger partial charge in [-0.2, -0.15) is 0 Å². The summed E-state index contributed by atoms with van der Waals surface area (Å²) in [4.78, 5) is 37.8. The van der Waals surface area contributed by atoms with Crippen LogP contribution >= 0.6 is 11.3 Å². The Morgan fingerprint density at radius 1 is 1.16 bits per heavy atom. The average molecular weight is 461 g/mol. The molecule has 9 heteroatoms. The van der Waals surface area contributed by atoms with Crippen LogP contribution < -0.4 is 20.5 Å². The summed E-state index contributed by atoms with van der Waals surface area (Å²) in [6.07, 6.45) is 3.67. The SMILES string of the molecule is COc1cc(C(=O)OCC(=O)Nc2sc3c(c2C(N)=O)CCCC3)ccc1OCC(C)C. The molecule has 172 valence electrons. The Labute approximate surface area is 191 Å². The second kappa shape index (κ2) is 10.5. The number of hydrogen-bond acceptors (Lipinski definition) is 7. The molecule has 1 heterocycles. The fourth-order valence-electron chi connectivity index (χ4n) is 3.46. The van der Waals surface area contributed by atoms with Crippen LogP contribution in [0.25, 0.3) is 0 Å². The summed E-state index contributed by atoms with van der Waals surface area (Å²) >= 11 is 1.36. The fourth-order valence-corrected chi connectivity index (χ4v) is 4.77. The molecule has 2 amide bonds. The maximum Gasteiger partial charge on any atom is 0.338 e. The Bertz CT molecular complexity index is 1010. The number of carbonyl (C=O) groups excluding carboxylic acids is 3. The van der Waals surface area contributed by atoms with Gasteiger partial charge >= 0.3 is 5.97 Å². The summed E-state index contributed by atoms with van der Waals surface area (Å²) in [5.74, 6) is -0.510. The lowest BCUT2D eigenvalue weighted by Crippen LogP contribution is -2.23. The first-order valence-corrected chi connectivity index (χ1v) is 11.3. The monoisotopic (exact) mass is 460 g/mol. The molecule has 1 aliphatic carbocycles. The summed E-state index contributed by atoms with van der Waals surface area (Å²) in [6.45, 7) is 4.08. The molecule has 2 aromatic rings. The minimum absolute atomic E-state index is 0.232. The number of hydrogen-bond donors (Lipinski definition) is 2. The van der Waals surface area contributed by atoms with Gasteiger partial charge in [-0.15, -0.1) is 11.3 Å². The minimum Gasteiger partial charge on any atom is -0.493 e. The Morgan fingerprint density at radius 3 is 2.59 bits per heavy atom. The minimum atomic E-state index is -0.672. The summed E-state index contributed by atoms with van der Waals surface area (Å²) in [5, 5.41) is 3.09. The third-order valence-electron chi connectivity index (χ3n) is 4.98. The van der Waals surface area contributed by atoms with E-state index in [9.17, 15) is 14.4 Å². The zero-order chi connectivity index (χ0) is 23.3. The first-order chi connectivity index (χ1) is 15.3. The molecule has 0 aliphatic heterocycles. The normalized spacial score (nSPS) is 12.8. The number of methoxy groups -OCH3 is 1. The first-order valence-electron chi connectivity index (χ1n) is 10.5. The number of carbonyl (C=O) groups is 3. The van der Waals surface area contributed by atoms with Gasteiger partial charge in [-0.05, 0) is 55.4 Å². The van der Waals surface area contributed by atoms with Crippen LogP contribution in [0.4, 0.5) is 5.00 Å². The number of aryl methyl sites for hydroxylation is 1. The maximum atomic E-state index is 12.4. The zero-order valence-electron chi connectivity index (χ0n) is 18.5. The van der Waals surface area contributed by atoms with Gasteiger partial charge in [0.05, 0.1) is 24.8 Å². The molecule has 0 unspecified atom stereocenters. The Morgan fingerprint density at radius 2 is 1.91 bits per heavy atom. The number of amides is 2. The van der Waals surface area contributed by atoms with Gasteiger partial charge in [-0.25, -0.2) is 4.79 Å². The van der Waals surface area contributed by atoms with Crippen LogP contribution in [0.2, 0.25) is 0 Å². The predicted molar refractivity (Wildman–Crippen MR) is 122 cm³/mol. The van der Waals surface area contributed by atoms with E-state index in [1.165, 1.54) is 24.5 Å². The Balaban J connectivity index is 1.62. The molecule has 32 heavy (non-hydrogen) atoms. The number of thiophene rings is 1. The van der Waals surface area contributed by atoms with Crippen molar-refractivity contribution in [2.75, 3.05) is 25.6 Å². The summed E-state index contributed by atoms with van der Waals surface area (Å²) < 4.78 is 16.1. The van der Waals surface area contributed by atoms with Crippen molar-refractivity contribution in [3.63, 3.8) is 0 Å². The third-order valence-corrected chi connectivity index (χ3v) is 6.18. The first kappa shape index (κ1) is 23.6. The van der Waals surface area contributed by atoms with Crippen molar-refractivity contribution in [1.29, 1.82) is 0 Å². The second-order valence-corrected chi connectivity index (χ2v) is 9.08.